The van der Waals surface area contributed by atoms with Crippen molar-refractivity contribution in [1.82, 2.24) is 14.9 Å². The van der Waals surface area contributed by atoms with Crippen molar-refractivity contribution in [3.8, 4) is 5.75 Å². The number of nitrogens with zero attached hydrogens (tertiary/aromatic N) is 2. The number of imidazole rings is 1. The molecule has 0 radical (unpaired) electrons. The van der Waals surface area contributed by atoms with E-state index >= 15 is 0 Å². The Morgan fingerprint density at radius 3 is 2.74 bits per heavy atom. The number of hydrogen-bond donors (Lipinski definition) is 1. The van der Waals surface area contributed by atoms with Gasteiger partial charge in [0, 0.05) is 25.9 Å². The molecule has 1 amide bonds. The number of ether oxygens (including phenoxy) is 1. The minimum atomic E-state index is 0.139. The second kappa shape index (κ2) is 11.5. The fourth-order valence-corrected chi connectivity index (χ4v) is 3.87. The number of carbonyl (C=O) groups is 1. The van der Waals surface area contributed by atoms with Crippen LogP contribution in [-0.2, 0) is 17.8 Å². The van der Waals surface area contributed by atoms with Gasteiger partial charge in [0.05, 0.1) is 17.6 Å². The maximum atomic E-state index is 11.7. The molecule has 0 spiro atoms. The van der Waals surface area contributed by atoms with Crippen LogP contribution in [0.4, 0.5) is 0 Å². The molecule has 0 fully saturated rings. The van der Waals surface area contributed by atoms with E-state index in [2.05, 4.69) is 60.1 Å². The van der Waals surface area contributed by atoms with Crippen molar-refractivity contribution in [2.45, 2.75) is 65.8 Å². The molecule has 1 N–H and O–H groups in total. The summed E-state index contributed by atoms with van der Waals surface area (Å²) in [5, 5.41) is 3.00. The van der Waals surface area contributed by atoms with E-state index in [4.69, 9.17) is 9.72 Å². The second-order valence-electron chi connectivity index (χ2n) is 8.20. The molecule has 166 valence electrons. The Kier molecular flexibility index (Phi) is 8.51. The molecule has 2 aromatic carbocycles. The van der Waals surface area contributed by atoms with E-state index < -0.39 is 0 Å². The molecule has 31 heavy (non-hydrogen) atoms. The third-order valence-electron chi connectivity index (χ3n) is 5.47. The van der Waals surface area contributed by atoms with Gasteiger partial charge in [0.1, 0.15) is 11.6 Å². The van der Waals surface area contributed by atoms with Crippen molar-refractivity contribution in [2.75, 3.05) is 13.2 Å². The molecule has 0 bridgehead atoms. The molecule has 5 nitrogen and oxygen atoms in total. The molecular weight excluding hydrogens is 386 g/mol. The van der Waals surface area contributed by atoms with Gasteiger partial charge in [-0.05, 0) is 63.3 Å². The molecule has 0 aliphatic heterocycles. The Labute approximate surface area is 185 Å². The number of carbonyl (C=O) groups excluding carboxylic acids is 1. The summed E-state index contributed by atoms with van der Waals surface area (Å²) in [4.78, 5) is 16.5. The zero-order valence-corrected chi connectivity index (χ0v) is 19.1. The average molecular weight is 422 g/mol. The standard InChI is InChI=1S/C26H35N3O2/c1-4-10-26(30)27-16-9-13-25-28-22-11-5-6-12-23(22)29(25)17-7-8-18-31-24-15-14-20(2)19-21(24)3/h5-6,11-12,14-15,19H,4,7-10,13,16-18H2,1-3H3,(H,27,30). The monoisotopic (exact) mass is 421 g/mol. The van der Waals surface area contributed by atoms with Gasteiger partial charge >= 0.3 is 0 Å². The number of fused-ring (bicyclic) bond motifs is 1. The number of unbranched alkanes of at least 4 members (excludes halogenated alkanes) is 1. The minimum absolute atomic E-state index is 0.139. The minimum Gasteiger partial charge on any atom is -0.493 e. The highest BCUT2D eigenvalue weighted by Gasteiger charge is 2.10. The molecule has 0 unspecified atom stereocenters. The summed E-state index contributed by atoms with van der Waals surface area (Å²) >= 11 is 0. The Bertz CT molecular complexity index is 993. The zero-order valence-electron chi connectivity index (χ0n) is 19.1. The predicted molar refractivity (Wildman–Crippen MR) is 127 cm³/mol. The van der Waals surface area contributed by atoms with Crippen molar-refractivity contribution in [1.29, 1.82) is 0 Å². The molecule has 0 saturated heterocycles. The fourth-order valence-electron chi connectivity index (χ4n) is 3.87. The smallest absolute Gasteiger partial charge is 0.219 e. The molecule has 0 aliphatic carbocycles. The van der Waals surface area contributed by atoms with E-state index in [-0.39, 0.29) is 5.91 Å². The molecule has 0 aliphatic rings. The molecule has 0 atom stereocenters. The van der Waals surface area contributed by atoms with Gasteiger partial charge < -0.3 is 14.6 Å². The van der Waals surface area contributed by atoms with Crippen LogP contribution in [0.5, 0.6) is 5.75 Å². The first kappa shape index (κ1) is 22.9. The number of amides is 1. The van der Waals surface area contributed by atoms with Gasteiger partial charge in [-0.1, -0.05) is 36.8 Å². The first-order chi connectivity index (χ1) is 15.1. The van der Waals surface area contributed by atoms with Crippen LogP contribution in [0.3, 0.4) is 0 Å². The summed E-state index contributed by atoms with van der Waals surface area (Å²) in [5.41, 5.74) is 4.67. The Hall–Kier alpha value is -2.82. The first-order valence-corrected chi connectivity index (χ1v) is 11.5. The summed E-state index contributed by atoms with van der Waals surface area (Å²) in [5.74, 6) is 2.21. The van der Waals surface area contributed by atoms with Crippen LogP contribution in [-0.4, -0.2) is 28.6 Å². The normalized spacial score (nSPS) is 11.1. The molecule has 3 rings (SSSR count). The third kappa shape index (κ3) is 6.58. The third-order valence-corrected chi connectivity index (χ3v) is 5.47. The predicted octanol–water partition coefficient (Wildman–Crippen LogP) is 5.36. The van der Waals surface area contributed by atoms with Gasteiger partial charge in [-0.2, -0.15) is 0 Å². The van der Waals surface area contributed by atoms with Crippen molar-refractivity contribution < 1.29 is 9.53 Å². The van der Waals surface area contributed by atoms with Crippen molar-refractivity contribution >= 4 is 16.9 Å². The number of benzene rings is 2. The van der Waals surface area contributed by atoms with E-state index in [9.17, 15) is 4.79 Å². The SMILES string of the molecule is CCCC(=O)NCCCc1nc2ccccc2n1CCCCOc1ccc(C)cc1C. The Morgan fingerprint density at radius 2 is 1.94 bits per heavy atom. The van der Waals surface area contributed by atoms with Gasteiger partial charge in [-0.3, -0.25) is 4.79 Å². The fraction of sp³-hybridized carbons (Fsp3) is 0.462. The zero-order chi connectivity index (χ0) is 22.1. The van der Waals surface area contributed by atoms with E-state index in [0.29, 0.717) is 13.0 Å². The molecule has 5 heteroatoms. The highest BCUT2D eigenvalue weighted by atomic mass is 16.5. The van der Waals surface area contributed by atoms with Crippen LogP contribution < -0.4 is 10.1 Å². The van der Waals surface area contributed by atoms with E-state index in [0.717, 1.165) is 62.3 Å². The van der Waals surface area contributed by atoms with Crippen LogP contribution in [0.2, 0.25) is 0 Å². The van der Waals surface area contributed by atoms with Crippen LogP contribution in [0.1, 0.15) is 56.0 Å². The lowest BCUT2D eigenvalue weighted by Crippen LogP contribution is -2.24. The number of aryl methyl sites for hydroxylation is 4. The molecular formula is C26H35N3O2. The Morgan fingerprint density at radius 1 is 1.10 bits per heavy atom. The number of aromatic nitrogens is 2. The van der Waals surface area contributed by atoms with Crippen LogP contribution >= 0.6 is 0 Å². The number of para-hydroxylation sites is 2. The van der Waals surface area contributed by atoms with Gasteiger partial charge in [0.15, 0.2) is 0 Å². The van der Waals surface area contributed by atoms with Crippen LogP contribution in [0.15, 0.2) is 42.5 Å². The summed E-state index contributed by atoms with van der Waals surface area (Å²) in [6, 6.07) is 14.6. The second-order valence-corrected chi connectivity index (χ2v) is 8.20. The summed E-state index contributed by atoms with van der Waals surface area (Å²) in [6.07, 6.45) is 5.27. The van der Waals surface area contributed by atoms with Gasteiger partial charge in [0.2, 0.25) is 5.91 Å². The first-order valence-electron chi connectivity index (χ1n) is 11.5. The van der Waals surface area contributed by atoms with Gasteiger partial charge in [-0.15, -0.1) is 0 Å². The van der Waals surface area contributed by atoms with Crippen molar-refractivity contribution in [3.05, 3.63) is 59.4 Å². The quantitative estimate of drug-likeness (QED) is 0.401. The van der Waals surface area contributed by atoms with Crippen LogP contribution in [0, 0.1) is 13.8 Å². The number of nitrogens with one attached hydrogen (secondary N) is 1. The largest absolute Gasteiger partial charge is 0.493 e. The molecule has 1 aromatic heterocycles. The Balaban J connectivity index is 1.52. The molecule has 1 heterocycles. The average Bonchev–Trinajstić information content (AvgIpc) is 3.10. The number of rotatable bonds is 12. The topological polar surface area (TPSA) is 56.2 Å². The van der Waals surface area contributed by atoms with Gasteiger partial charge in [0.25, 0.3) is 0 Å². The number of hydrogen-bond acceptors (Lipinski definition) is 3. The summed E-state index contributed by atoms with van der Waals surface area (Å²) in [6.45, 7) is 8.56. The van der Waals surface area contributed by atoms with Crippen molar-refractivity contribution in [2.24, 2.45) is 0 Å². The van der Waals surface area contributed by atoms with E-state index in [1.165, 1.54) is 16.6 Å². The molecule has 0 saturated carbocycles. The lowest BCUT2D eigenvalue weighted by atomic mass is 10.1. The molecule has 3 aromatic rings. The maximum Gasteiger partial charge on any atom is 0.219 e. The maximum absolute atomic E-state index is 11.7. The van der Waals surface area contributed by atoms with E-state index in [1.807, 2.05) is 13.0 Å². The van der Waals surface area contributed by atoms with E-state index in [1.54, 1.807) is 0 Å². The highest BCUT2D eigenvalue weighted by molar-refractivity contribution is 5.76. The van der Waals surface area contributed by atoms with Crippen molar-refractivity contribution in [3.63, 3.8) is 0 Å². The lowest BCUT2D eigenvalue weighted by molar-refractivity contribution is -0.121. The van der Waals surface area contributed by atoms with Crippen LogP contribution in [0.25, 0.3) is 11.0 Å². The highest BCUT2D eigenvalue weighted by Crippen LogP contribution is 2.20. The lowest BCUT2D eigenvalue weighted by Gasteiger charge is -2.12. The summed E-state index contributed by atoms with van der Waals surface area (Å²) in [7, 11) is 0. The van der Waals surface area contributed by atoms with Gasteiger partial charge in [-0.25, -0.2) is 4.98 Å². The summed E-state index contributed by atoms with van der Waals surface area (Å²) < 4.78 is 8.32.